The normalized spacial score (nSPS) is 10.3. The highest BCUT2D eigenvalue weighted by Gasteiger charge is 1.91. The summed E-state index contributed by atoms with van der Waals surface area (Å²) < 4.78 is 0. The number of hydrogen-bond acceptors (Lipinski definition) is 0. The van der Waals surface area contributed by atoms with Crippen molar-refractivity contribution in [2.45, 2.75) is 33.1 Å². The van der Waals surface area contributed by atoms with Crippen molar-refractivity contribution >= 4 is 0 Å². The molecule has 0 saturated carbocycles. The van der Waals surface area contributed by atoms with Gasteiger partial charge in [-0.1, -0.05) is 32.6 Å². The van der Waals surface area contributed by atoms with E-state index in [9.17, 15) is 0 Å². The van der Waals surface area contributed by atoms with E-state index in [1.54, 1.807) is 0 Å². The molecule has 0 radical (unpaired) electrons. The Hall–Kier alpha value is 0. The molecule has 0 aromatic carbocycles. The van der Waals surface area contributed by atoms with Gasteiger partial charge >= 0.3 is 0 Å². The van der Waals surface area contributed by atoms with Gasteiger partial charge in [0.25, 0.3) is 0 Å². The van der Waals surface area contributed by atoms with Gasteiger partial charge < -0.3 is 6.92 Å². The molecule has 0 aliphatic carbocycles. The predicted molar refractivity (Wildman–Crippen MR) is 34.0 cm³/mol. The molecule has 0 heteroatoms. The van der Waals surface area contributed by atoms with E-state index in [1.807, 2.05) is 0 Å². The molecule has 0 spiro atoms. The van der Waals surface area contributed by atoms with Crippen LogP contribution in [0, 0.1) is 12.8 Å². The Morgan fingerprint density at radius 1 is 1.29 bits per heavy atom. The molecule has 0 aromatic rings. The van der Waals surface area contributed by atoms with Crippen LogP contribution in [0.1, 0.15) is 33.1 Å². The summed E-state index contributed by atoms with van der Waals surface area (Å²) in [6.45, 7) is 8.27. The minimum Gasteiger partial charge on any atom is -0.343 e. The molecule has 0 unspecified atom stereocenters. The van der Waals surface area contributed by atoms with Crippen molar-refractivity contribution in [3.8, 4) is 0 Å². The van der Waals surface area contributed by atoms with E-state index in [-0.39, 0.29) is 0 Å². The van der Waals surface area contributed by atoms with Crippen LogP contribution >= 0.6 is 0 Å². The first-order valence-corrected chi connectivity index (χ1v) is 3.14. The summed E-state index contributed by atoms with van der Waals surface area (Å²) in [6, 6.07) is 0. The van der Waals surface area contributed by atoms with E-state index in [2.05, 4.69) is 20.8 Å². The lowest BCUT2D eigenvalue weighted by Crippen LogP contribution is -1.91. The summed E-state index contributed by atoms with van der Waals surface area (Å²) >= 11 is 0. The van der Waals surface area contributed by atoms with Gasteiger partial charge in [-0.15, -0.1) is 0 Å². The summed E-state index contributed by atoms with van der Waals surface area (Å²) in [5.41, 5.74) is 0. The third-order valence-electron chi connectivity index (χ3n) is 1.56. The molecule has 0 nitrogen and oxygen atoms in total. The van der Waals surface area contributed by atoms with Crippen molar-refractivity contribution in [3.05, 3.63) is 6.92 Å². The van der Waals surface area contributed by atoms with Crippen molar-refractivity contribution in [2.75, 3.05) is 0 Å². The van der Waals surface area contributed by atoms with Crippen LogP contribution in [0.3, 0.4) is 0 Å². The molecule has 0 saturated heterocycles. The second-order valence-corrected chi connectivity index (χ2v) is 1.97. The van der Waals surface area contributed by atoms with Crippen LogP contribution < -0.4 is 0 Å². The van der Waals surface area contributed by atoms with Crippen LogP contribution in [0.15, 0.2) is 0 Å². The maximum atomic E-state index is 3.83. The van der Waals surface area contributed by atoms with Gasteiger partial charge in [0.1, 0.15) is 0 Å². The zero-order valence-corrected chi connectivity index (χ0v) is 5.41. The van der Waals surface area contributed by atoms with Crippen LogP contribution in [0.2, 0.25) is 0 Å². The van der Waals surface area contributed by atoms with Crippen LogP contribution in [0.5, 0.6) is 0 Å². The molecule has 7 heavy (non-hydrogen) atoms. The van der Waals surface area contributed by atoms with E-state index < -0.39 is 0 Å². The van der Waals surface area contributed by atoms with Gasteiger partial charge in [0.05, 0.1) is 0 Å². The average molecular weight is 99.2 g/mol. The fraction of sp³-hybridized carbons (Fsp3) is 0.857. The van der Waals surface area contributed by atoms with Gasteiger partial charge in [-0.2, -0.15) is 6.42 Å². The third-order valence-corrected chi connectivity index (χ3v) is 1.56. The standard InChI is InChI=1S/C7H15/c1-4-7(5-2)6-3/h7H,1,4-6H2,2-3H3/q-1. The smallest absolute Gasteiger partial charge is 0.0558 e. The van der Waals surface area contributed by atoms with Gasteiger partial charge in [-0.25, -0.2) is 0 Å². The Morgan fingerprint density at radius 3 is 1.71 bits per heavy atom. The summed E-state index contributed by atoms with van der Waals surface area (Å²) in [7, 11) is 0. The monoisotopic (exact) mass is 99.1 g/mol. The SMILES string of the molecule is [CH2-]CC(CC)CC. The third kappa shape index (κ3) is 2.67. The Morgan fingerprint density at radius 2 is 1.71 bits per heavy atom. The van der Waals surface area contributed by atoms with E-state index in [1.165, 1.54) is 12.8 Å². The highest BCUT2D eigenvalue weighted by molar-refractivity contribution is 4.54. The highest BCUT2D eigenvalue weighted by atomic mass is 14.0. The molecule has 0 atom stereocenters. The van der Waals surface area contributed by atoms with E-state index in [4.69, 9.17) is 0 Å². The van der Waals surface area contributed by atoms with E-state index in [0.717, 1.165) is 12.3 Å². The molecule has 0 rings (SSSR count). The highest BCUT2D eigenvalue weighted by Crippen LogP contribution is 2.09. The molecule has 0 bridgehead atoms. The summed E-state index contributed by atoms with van der Waals surface area (Å²) in [4.78, 5) is 0. The fourth-order valence-corrected chi connectivity index (χ4v) is 0.697. The Labute approximate surface area is 46.9 Å². The quantitative estimate of drug-likeness (QED) is 0.477. The molecule has 0 fully saturated rings. The molecular formula is C7H15-. The Bertz CT molecular complexity index is 21.5. The first-order valence-electron chi connectivity index (χ1n) is 3.14. The van der Waals surface area contributed by atoms with E-state index >= 15 is 0 Å². The lowest BCUT2D eigenvalue weighted by Gasteiger charge is -2.10. The lowest BCUT2D eigenvalue weighted by molar-refractivity contribution is 0.498. The summed E-state index contributed by atoms with van der Waals surface area (Å²) in [5, 5.41) is 0. The second kappa shape index (κ2) is 4.17. The fourth-order valence-electron chi connectivity index (χ4n) is 0.697. The molecule has 0 heterocycles. The van der Waals surface area contributed by atoms with Gasteiger partial charge in [0, 0.05) is 0 Å². The zero-order valence-electron chi connectivity index (χ0n) is 5.41. The maximum absolute atomic E-state index is 3.83. The topological polar surface area (TPSA) is 0 Å². The van der Waals surface area contributed by atoms with Crippen molar-refractivity contribution in [1.29, 1.82) is 0 Å². The molecular weight excluding hydrogens is 84.1 g/mol. The largest absolute Gasteiger partial charge is 0.343 e. The van der Waals surface area contributed by atoms with Crippen LogP contribution in [0.4, 0.5) is 0 Å². The Kier molecular flexibility index (Phi) is 4.17. The second-order valence-electron chi connectivity index (χ2n) is 1.97. The first kappa shape index (κ1) is 7.00. The number of hydrogen-bond donors (Lipinski definition) is 0. The molecule has 0 N–H and O–H groups in total. The van der Waals surface area contributed by atoms with Crippen molar-refractivity contribution < 1.29 is 0 Å². The van der Waals surface area contributed by atoms with Crippen LogP contribution in [0.25, 0.3) is 0 Å². The summed E-state index contributed by atoms with van der Waals surface area (Å²) in [6.07, 6.45) is 3.69. The van der Waals surface area contributed by atoms with Gasteiger partial charge in [-0.3, -0.25) is 0 Å². The first-order chi connectivity index (χ1) is 3.35. The minimum atomic E-state index is 0.875. The van der Waals surface area contributed by atoms with E-state index in [0.29, 0.717) is 0 Å². The lowest BCUT2D eigenvalue weighted by atomic mass is 10.0. The summed E-state index contributed by atoms with van der Waals surface area (Å²) in [5.74, 6) is 0.875. The average Bonchev–Trinajstić information content (AvgIpc) is 1.72. The maximum Gasteiger partial charge on any atom is -0.0558 e. The minimum absolute atomic E-state index is 0.875. The van der Waals surface area contributed by atoms with Crippen LogP contribution in [-0.4, -0.2) is 0 Å². The molecule has 44 valence electrons. The molecule has 0 aromatic heterocycles. The molecule has 0 aliphatic rings. The van der Waals surface area contributed by atoms with Gasteiger partial charge in [0.2, 0.25) is 0 Å². The molecule has 0 aliphatic heterocycles. The predicted octanol–water partition coefficient (Wildman–Crippen LogP) is 2.65. The van der Waals surface area contributed by atoms with Gasteiger partial charge in [0.15, 0.2) is 0 Å². The Balaban J connectivity index is 2.99. The van der Waals surface area contributed by atoms with Crippen LogP contribution in [-0.2, 0) is 0 Å². The molecule has 0 amide bonds. The van der Waals surface area contributed by atoms with Gasteiger partial charge in [-0.05, 0) is 0 Å². The number of rotatable bonds is 3. The van der Waals surface area contributed by atoms with Crippen molar-refractivity contribution in [1.82, 2.24) is 0 Å². The zero-order chi connectivity index (χ0) is 5.70. The van der Waals surface area contributed by atoms with Crippen molar-refractivity contribution in [3.63, 3.8) is 0 Å². The van der Waals surface area contributed by atoms with Crippen molar-refractivity contribution in [2.24, 2.45) is 5.92 Å².